The number of thiazole rings is 1. The van der Waals surface area contributed by atoms with Crippen molar-refractivity contribution in [2.24, 2.45) is 0 Å². The average molecular weight is 275 g/mol. The lowest BCUT2D eigenvalue weighted by molar-refractivity contribution is 0.0674. The monoisotopic (exact) mass is 275 g/mol. The molecule has 2 unspecified atom stereocenters. The third-order valence-electron chi connectivity index (χ3n) is 3.42. The van der Waals surface area contributed by atoms with Gasteiger partial charge in [-0.15, -0.1) is 11.3 Å². The Morgan fingerprint density at radius 3 is 2.84 bits per heavy atom. The summed E-state index contributed by atoms with van der Waals surface area (Å²) in [4.78, 5) is 18.7. The molecular weight excluding hydrogens is 258 g/mol. The lowest BCUT2D eigenvalue weighted by atomic mass is 10.1. The molecule has 2 heterocycles. The number of amides is 1. The predicted molar refractivity (Wildman–Crippen MR) is 77.6 cm³/mol. The Kier molecular flexibility index (Phi) is 3.24. The minimum absolute atomic E-state index is 0.121. The zero-order valence-electron chi connectivity index (χ0n) is 11.1. The van der Waals surface area contributed by atoms with Crippen molar-refractivity contribution in [1.29, 1.82) is 0 Å². The molecule has 5 heteroatoms. The van der Waals surface area contributed by atoms with Crippen molar-refractivity contribution in [3.8, 4) is 0 Å². The third kappa shape index (κ3) is 2.48. The molecule has 100 valence electrons. The van der Waals surface area contributed by atoms with Gasteiger partial charge in [0.1, 0.15) is 0 Å². The zero-order valence-corrected chi connectivity index (χ0v) is 11.9. The van der Waals surface area contributed by atoms with Gasteiger partial charge in [0, 0.05) is 30.7 Å². The van der Waals surface area contributed by atoms with Gasteiger partial charge in [-0.05, 0) is 32.0 Å². The molecule has 1 aliphatic heterocycles. The fraction of sp³-hybridized carbons (Fsp3) is 0.429. The number of rotatable bonds is 1. The van der Waals surface area contributed by atoms with Crippen molar-refractivity contribution < 1.29 is 4.79 Å². The summed E-state index contributed by atoms with van der Waals surface area (Å²) in [5.74, 6) is 0.121. The molecule has 1 aliphatic rings. The molecule has 0 aliphatic carbocycles. The van der Waals surface area contributed by atoms with Crippen molar-refractivity contribution in [2.75, 3.05) is 13.1 Å². The lowest BCUT2D eigenvalue weighted by Crippen LogP contribution is -2.55. The van der Waals surface area contributed by atoms with Crippen molar-refractivity contribution in [1.82, 2.24) is 15.2 Å². The number of piperazine rings is 1. The van der Waals surface area contributed by atoms with Crippen molar-refractivity contribution in [3.63, 3.8) is 0 Å². The topological polar surface area (TPSA) is 45.2 Å². The second-order valence-corrected chi connectivity index (χ2v) is 6.10. The van der Waals surface area contributed by atoms with Gasteiger partial charge in [-0.1, -0.05) is 0 Å². The highest BCUT2D eigenvalue weighted by Crippen LogP contribution is 2.20. The zero-order chi connectivity index (χ0) is 13.4. The van der Waals surface area contributed by atoms with Crippen LogP contribution in [-0.4, -0.2) is 41.0 Å². The number of hydrogen-bond acceptors (Lipinski definition) is 4. The van der Waals surface area contributed by atoms with E-state index in [9.17, 15) is 4.79 Å². The number of hydrogen-bond donors (Lipinski definition) is 1. The van der Waals surface area contributed by atoms with Gasteiger partial charge in [0.25, 0.3) is 5.91 Å². The molecule has 3 rings (SSSR count). The first-order valence-electron chi connectivity index (χ1n) is 6.52. The van der Waals surface area contributed by atoms with Crippen LogP contribution >= 0.6 is 11.3 Å². The molecule has 2 aromatic rings. The molecule has 19 heavy (non-hydrogen) atoms. The molecule has 1 aromatic heterocycles. The fourth-order valence-corrected chi connectivity index (χ4v) is 3.38. The van der Waals surface area contributed by atoms with Gasteiger partial charge in [-0.2, -0.15) is 0 Å². The minimum atomic E-state index is 0.121. The summed E-state index contributed by atoms with van der Waals surface area (Å²) in [7, 11) is 0. The van der Waals surface area contributed by atoms with Crippen molar-refractivity contribution in [2.45, 2.75) is 25.9 Å². The van der Waals surface area contributed by atoms with E-state index in [1.807, 2.05) is 28.6 Å². The average Bonchev–Trinajstić information content (AvgIpc) is 2.83. The summed E-state index contributed by atoms with van der Waals surface area (Å²) in [6.07, 6.45) is 0. The third-order valence-corrected chi connectivity index (χ3v) is 4.21. The first-order valence-corrected chi connectivity index (χ1v) is 7.40. The van der Waals surface area contributed by atoms with Crippen LogP contribution in [0, 0.1) is 0 Å². The molecule has 1 amide bonds. The standard InChI is InChI=1S/C14H17N3OS/c1-9-6-17(7-10(2)16-9)14(18)11-3-4-12-13(5-11)19-8-15-12/h3-5,8-10,16H,6-7H2,1-2H3. The normalized spacial score (nSPS) is 23.8. The Morgan fingerprint density at radius 1 is 1.37 bits per heavy atom. The summed E-state index contributed by atoms with van der Waals surface area (Å²) < 4.78 is 1.07. The molecule has 4 nitrogen and oxygen atoms in total. The molecule has 1 fully saturated rings. The highest BCUT2D eigenvalue weighted by Gasteiger charge is 2.25. The summed E-state index contributed by atoms with van der Waals surface area (Å²) in [5, 5.41) is 3.44. The number of benzene rings is 1. The van der Waals surface area contributed by atoms with E-state index in [-0.39, 0.29) is 5.91 Å². The number of aromatic nitrogens is 1. The largest absolute Gasteiger partial charge is 0.336 e. The fourth-order valence-electron chi connectivity index (χ4n) is 2.66. The minimum Gasteiger partial charge on any atom is -0.336 e. The Morgan fingerprint density at radius 2 is 2.11 bits per heavy atom. The maximum atomic E-state index is 12.5. The Labute approximate surface area is 116 Å². The van der Waals surface area contributed by atoms with Crippen LogP contribution in [0.3, 0.4) is 0 Å². The summed E-state index contributed by atoms with van der Waals surface area (Å²) in [6.45, 7) is 5.76. The number of nitrogens with one attached hydrogen (secondary N) is 1. The number of carbonyl (C=O) groups is 1. The van der Waals surface area contributed by atoms with E-state index in [2.05, 4.69) is 24.1 Å². The highest BCUT2D eigenvalue weighted by atomic mass is 32.1. The van der Waals surface area contributed by atoms with Crippen LogP contribution in [0.4, 0.5) is 0 Å². The quantitative estimate of drug-likeness (QED) is 0.867. The van der Waals surface area contributed by atoms with Gasteiger partial charge in [0.15, 0.2) is 0 Å². The molecule has 0 spiro atoms. The smallest absolute Gasteiger partial charge is 0.254 e. The van der Waals surface area contributed by atoms with Crippen LogP contribution in [0.15, 0.2) is 23.7 Å². The molecule has 2 atom stereocenters. The number of nitrogens with zero attached hydrogens (tertiary/aromatic N) is 2. The van der Waals surface area contributed by atoms with Gasteiger partial charge in [-0.3, -0.25) is 4.79 Å². The van der Waals surface area contributed by atoms with E-state index < -0.39 is 0 Å². The number of fused-ring (bicyclic) bond motifs is 1. The van der Waals surface area contributed by atoms with Crippen LogP contribution in [0.5, 0.6) is 0 Å². The predicted octanol–water partition coefficient (Wildman–Crippen LogP) is 2.12. The second-order valence-electron chi connectivity index (χ2n) is 5.21. The molecule has 1 aromatic carbocycles. The Balaban J connectivity index is 1.86. The van der Waals surface area contributed by atoms with Crippen molar-refractivity contribution in [3.05, 3.63) is 29.3 Å². The highest BCUT2D eigenvalue weighted by molar-refractivity contribution is 7.16. The lowest BCUT2D eigenvalue weighted by Gasteiger charge is -2.36. The molecular formula is C14H17N3OS. The van der Waals surface area contributed by atoms with Gasteiger partial charge < -0.3 is 10.2 Å². The van der Waals surface area contributed by atoms with Gasteiger partial charge >= 0.3 is 0 Å². The van der Waals surface area contributed by atoms with Gasteiger partial charge in [0.05, 0.1) is 15.7 Å². The number of carbonyl (C=O) groups excluding carboxylic acids is 1. The van der Waals surface area contributed by atoms with Crippen LogP contribution in [0.1, 0.15) is 24.2 Å². The first kappa shape index (κ1) is 12.6. The Hall–Kier alpha value is -1.46. The van der Waals surface area contributed by atoms with E-state index in [1.165, 1.54) is 0 Å². The SMILES string of the molecule is CC1CN(C(=O)c2ccc3ncsc3c2)CC(C)N1. The maximum absolute atomic E-state index is 12.5. The van der Waals surface area contributed by atoms with Crippen LogP contribution < -0.4 is 5.32 Å². The Bertz CT molecular complexity index is 600. The summed E-state index contributed by atoms with van der Waals surface area (Å²) in [6, 6.07) is 6.45. The molecule has 1 N–H and O–H groups in total. The van der Waals surface area contributed by atoms with E-state index in [1.54, 1.807) is 11.3 Å². The van der Waals surface area contributed by atoms with Gasteiger partial charge in [0.2, 0.25) is 0 Å². The van der Waals surface area contributed by atoms with Crippen LogP contribution in [0.25, 0.3) is 10.2 Å². The summed E-state index contributed by atoms with van der Waals surface area (Å²) >= 11 is 1.57. The van der Waals surface area contributed by atoms with Gasteiger partial charge in [-0.25, -0.2) is 4.98 Å². The van der Waals surface area contributed by atoms with E-state index in [0.29, 0.717) is 12.1 Å². The maximum Gasteiger partial charge on any atom is 0.254 e. The molecule has 0 bridgehead atoms. The molecule has 1 saturated heterocycles. The van der Waals surface area contributed by atoms with Crippen molar-refractivity contribution >= 4 is 27.5 Å². The first-order chi connectivity index (χ1) is 9.13. The van der Waals surface area contributed by atoms with Crippen LogP contribution in [-0.2, 0) is 0 Å². The molecule has 0 radical (unpaired) electrons. The van der Waals surface area contributed by atoms with E-state index in [0.717, 1.165) is 28.9 Å². The second kappa shape index (κ2) is 4.90. The van der Waals surface area contributed by atoms with E-state index in [4.69, 9.17) is 0 Å². The summed E-state index contributed by atoms with van der Waals surface area (Å²) in [5.41, 5.74) is 3.54. The van der Waals surface area contributed by atoms with Crippen LogP contribution in [0.2, 0.25) is 0 Å². The van der Waals surface area contributed by atoms with E-state index >= 15 is 0 Å². The molecule has 0 saturated carbocycles.